The molecule has 0 saturated carbocycles. The summed E-state index contributed by atoms with van der Waals surface area (Å²) >= 11 is 0. The van der Waals surface area contributed by atoms with Crippen LogP contribution in [-0.4, -0.2) is 19.6 Å². The van der Waals surface area contributed by atoms with Crippen LogP contribution < -0.4 is 10.4 Å². The van der Waals surface area contributed by atoms with Gasteiger partial charge < -0.3 is 19.6 Å². The molecule has 0 rings (SSSR count). The fraction of sp³-hybridized carbons (Fsp3) is 0. The van der Waals surface area contributed by atoms with Gasteiger partial charge in [0, 0.05) is 0 Å². The van der Waals surface area contributed by atoms with Crippen molar-refractivity contribution in [3.63, 3.8) is 0 Å². The second kappa shape index (κ2) is 3.08. The summed E-state index contributed by atoms with van der Waals surface area (Å²) in [5.74, 6) is 0. The van der Waals surface area contributed by atoms with E-state index in [9.17, 15) is 9.13 Å². The number of nitrogens with one attached hydrogen (secondary N) is 2. The normalized spacial score (nSPS) is 13.6. The second-order valence-electron chi connectivity index (χ2n) is 1.31. The van der Waals surface area contributed by atoms with Crippen LogP contribution in [0.4, 0.5) is 0 Å². The third-order valence-electron chi connectivity index (χ3n) is 0.341. The molecule has 0 aromatic carbocycles. The molecule has 8 nitrogen and oxygen atoms in total. The first-order valence-corrected chi connectivity index (χ1v) is 5.09. The van der Waals surface area contributed by atoms with E-state index in [4.69, 9.17) is 19.6 Å². The molecule has 0 atom stereocenters. The van der Waals surface area contributed by atoms with Crippen molar-refractivity contribution in [2.24, 2.45) is 0 Å². The molecule has 62 valence electrons. The van der Waals surface area contributed by atoms with E-state index in [-0.39, 0.29) is 0 Å². The van der Waals surface area contributed by atoms with E-state index in [0.29, 0.717) is 0 Å². The van der Waals surface area contributed by atoms with Gasteiger partial charge in [0.15, 0.2) is 0 Å². The van der Waals surface area contributed by atoms with Gasteiger partial charge in [-0.3, -0.25) is 0 Å². The minimum Gasteiger partial charge on any atom is -0.312 e. The van der Waals surface area contributed by atoms with E-state index in [2.05, 4.69) is 0 Å². The Kier molecular flexibility index (Phi) is 3.15. The fourth-order valence-corrected chi connectivity index (χ4v) is 1.17. The Labute approximate surface area is 55.7 Å². The van der Waals surface area contributed by atoms with Crippen LogP contribution in [0.3, 0.4) is 0 Å². The van der Waals surface area contributed by atoms with Crippen LogP contribution in [0, 0.1) is 0 Å². The Balaban J connectivity index is 3.79. The van der Waals surface area contributed by atoms with Crippen molar-refractivity contribution in [3.05, 3.63) is 0 Å². The Hall–Kier alpha value is 0.220. The van der Waals surface area contributed by atoms with Crippen molar-refractivity contribution in [3.8, 4) is 0 Å². The van der Waals surface area contributed by atoms with Crippen LogP contribution in [0.25, 0.3) is 0 Å². The highest BCUT2D eigenvalue weighted by Gasteiger charge is 2.18. The predicted octanol–water partition coefficient (Wildman–Crippen LogP) is -1.73. The highest BCUT2D eigenvalue weighted by molar-refractivity contribution is 7.52. The third-order valence-corrected chi connectivity index (χ3v) is 1.32. The van der Waals surface area contributed by atoms with Crippen molar-refractivity contribution < 1.29 is 28.7 Å². The van der Waals surface area contributed by atoms with E-state index in [1.807, 2.05) is 0 Å². The van der Waals surface area contributed by atoms with Gasteiger partial charge in [-0.2, -0.15) is 0 Å². The molecule has 0 spiro atoms. The van der Waals surface area contributed by atoms with E-state index < -0.39 is 15.5 Å². The lowest BCUT2D eigenvalue weighted by Gasteiger charge is -2.07. The number of hydrogen-bond donors (Lipinski definition) is 6. The topological polar surface area (TPSA) is 139 Å². The molecule has 0 amide bonds. The van der Waals surface area contributed by atoms with Crippen molar-refractivity contribution in [2.45, 2.75) is 0 Å². The third kappa shape index (κ3) is 8.22. The lowest BCUT2D eigenvalue weighted by atomic mass is 12.9. The summed E-state index contributed by atoms with van der Waals surface area (Å²) < 4.78 is 19.7. The molecule has 0 saturated heterocycles. The molecule has 0 aliphatic heterocycles. The summed E-state index contributed by atoms with van der Waals surface area (Å²) in [4.78, 5) is 31.9. The van der Waals surface area contributed by atoms with Gasteiger partial charge >= 0.3 is 15.5 Å². The molecule has 10 heteroatoms. The zero-order chi connectivity index (χ0) is 8.41. The molecule has 10 heavy (non-hydrogen) atoms. The molecular weight excluding hydrogens is 186 g/mol. The van der Waals surface area contributed by atoms with Crippen molar-refractivity contribution in [2.75, 3.05) is 0 Å². The van der Waals surface area contributed by atoms with Gasteiger partial charge in [0.1, 0.15) is 0 Å². The largest absolute Gasteiger partial charge is 0.414 e. The minimum absolute atomic E-state index is 1.12. The van der Waals surface area contributed by atoms with Gasteiger partial charge in [-0.25, -0.2) is 9.13 Å². The van der Waals surface area contributed by atoms with Gasteiger partial charge in [0.05, 0.1) is 0 Å². The molecule has 0 fully saturated rings. The summed E-state index contributed by atoms with van der Waals surface area (Å²) in [6, 6.07) is 0. The van der Waals surface area contributed by atoms with E-state index in [0.717, 1.165) is 10.4 Å². The number of hydrazine groups is 1. The summed E-state index contributed by atoms with van der Waals surface area (Å²) in [6.07, 6.45) is 0. The van der Waals surface area contributed by atoms with Crippen LogP contribution in [0.2, 0.25) is 0 Å². The van der Waals surface area contributed by atoms with Gasteiger partial charge in [-0.1, -0.05) is 0 Å². The Morgan fingerprint density at radius 3 is 1.10 bits per heavy atom. The molecule has 0 heterocycles. The van der Waals surface area contributed by atoms with Gasteiger partial charge in [-0.05, 0) is 0 Å². The monoisotopic (exact) mass is 192 g/mol. The Bertz CT molecular complexity index is 164. The van der Waals surface area contributed by atoms with E-state index >= 15 is 0 Å². The van der Waals surface area contributed by atoms with Gasteiger partial charge in [0.25, 0.3) is 0 Å². The standard InChI is InChI=1S/H6N2O6P2/c3-9(4,5)1-2-10(6,7)8/h(H3,1,3,4,5)(H3,2,6,7,8). The highest BCUT2D eigenvalue weighted by atomic mass is 31.2. The maximum atomic E-state index is 9.86. The molecule has 0 aromatic rings. The zero-order valence-electron chi connectivity index (χ0n) is 4.50. The first-order valence-electron chi connectivity index (χ1n) is 1.86. The molecular formula is H6N2O6P2. The first-order chi connectivity index (χ1) is 4.21. The quantitative estimate of drug-likeness (QED) is 0.229. The summed E-state index contributed by atoms with van der Waals surface area (Å²) in [6.45, 7) is 0. The van der Waals surface area contributed by atoms with Crippen molar-refractivity contribution in [1.29, 1.82) is 0 Å². The van der Waals surface area contributed by atoms with Crippen molar-refractivity contribution in [1.82, 2.24) is 10.4 Å². The maximum absolute atomic E-state index is 9.86. The average molecular weight is 192 g/mol. The van der Waals surface area contributed by atoms with Crippen molar-refractivity contribution >= 4 is 15.5 Å². The second-order valence-corrected chi connectivity index (χ2v) is 3.93. The molecule has 6 N–H and O–H groups in total. The molecule has 0 bridgehead atoms. The SMILES string of the molecule is O=P(O)(O)NNP(=O)(O)O. The van der Waals surface area contributed by atoms with Crippen LogP contribution >= 0.6 is 15.5 Å². The summed E-state index contributed by atoms with van der Waals surface area (Å²) in [5.41, 5.74) is 0. The van der Waals surface area contributed by atoms with Crippen LogP contribution in [0.15, 0.2) is 0 Å². The fourth-order valence-electron chi connectivity index (χ4n) is 0.130. The summed E-state index contributed by atoms with van der Waals surface area (Å²) in [5, 5.41) is 2.23. The van der Waals surface area contributed by atoms with Crippen LogP contribution in [0.5, 0.6) is 0 Å². The molecule has 0 aromatic heterocycles. The lowest BCUT2D eigenvalue weighted by Crippen LogP contribution is -2.25. The maximum Gasteiger partial charge on any atom is 0.414 e. The minimum atomic E-state index is -4.62. The lowest BCUT2D eigenvalue weighted by molar-refractivity contribution is 0.327. The first kappa shape index (κ1) is 10.2. The summed E-state index contributed by atoms with van der Waals surface area (Å²) in [7, 11) is -9.23. The van der Waals surface area contributed by atoms with Crippen LogP contribution in [0.1, 0.15) is 0 Å². The molecule has 0 radical (unpaired) electrons. The van der Waals surface area contributed by atoms with Crippen LogP contribution in [-0.2, 0) is 9.13 Å². The smallest absolute Gasteiger partial charge is 0.312 e. The average Bonchev–Trinajstić information content (AvgIpc) is 1.57. The predicted molar refractivity (Wildman–Crippen MR) is 30.4 cm³/mol. The molecule has 0 unspecified atom stereocenters. The molecule has 0 aliphatic rings. The Morgan fingerprint density at radius 2 is 1.00 bits per heavy atom. The molecule has 0 aliphatic carbocycles. The number of hydrogen-bond acceptors (Lipinski definition) is 2. The highest BCUT2D eigenvalue weighted by Crippen LogP contribution is 2.33. The number of rotatable bonds is 3. The Morgan fingerprint density at radius 1 is 0.800 bits per heavy atom. The van der Waals surface area contributed by atoms with E-state index in [1.165, 1.54) is 0 Å². The van der Waals surface area contributed by atoms with Gasteiger partial charge in [-0.15, -0.1) is 10.4 Å². The zero-order valence-corrected chi connectivity index (χ0v) is 6.29. The van der Waals surface area contributed by atoms with Gasteiger partial charge in [0.2, 0.25) is 0 Å². The van der Waals surface area contributed by atoms with E-state index in [1.54, 1.807) is 0 Å².